The van der Waals surface area contributed by atoms with Gasteiger partial charge in [-0.05, 0) is 51.3 Å². The van der Waals surface area contributed by atoms with Gasteiger partial charge < -0.3 is 24.8 Å². The Morgan fingerprint density at radius 3 is 2.62 bits per heavy atom. The van der Waals surface area contributed by atoms with Crippen LogP contribution < -0.4 is 10.5 Å². The zero-order valence-corrected chi connectivity index (χ0v) is 17.5. The van der Waals surface area contributed by atoms with Crippen molar-refractivity contribution in [2.24, 2.45) is 0 Å². The summed E-state index contributed by atoms with van der Waals surface area (Å²) in [5.41, 5.74) is 7.75. The first-order valence-corrected chi connectivity index (χ1v) is 9.82. The number of nitrogens with one attached hydrogen (secondary N) is 1. The minimum absolute atomic E-state index is 0.0803. The molecule has 1 aliphatic rings. The second-order valence-electron chi connectivity index (χ2n) is 8.19. The van der Waals surface area contributed by atoms with Crippen LogP contribution in [0.5, 0.6) is 5.75 Å². The van der Waals surface area contributed by atoms with Gasteiger partial charge in [-0.15, -0.1) is 0 Å². The molecule has 0 aliphatic carbocycles. The minimum Gasteiger partial charge on any atom is -0.496 e. The van der Waals surface area contributed by atoms with Crippen molar-refractivity contribution >= 4 is 11.9 Å². The van der Waals surface area contributed by atoms with E-state index in [-0.39, 0.29) is 12.1 Å². The van der Waals surface area contributed by atoms with Gasteiger partial charge in [0.2, 0.25) is 0 Å². The average molecular weight is 402 g/mol. The van der Waals surface area contributed by atoms with Gasteiger partial charge >= 0.3 is 6.09 Å². The molecule has 1 saturated heterocycles. The van der Waals surface area contributed by atoms with Crippen LogP contribution in [-0.4, -0.2) is 53.2 Å². The summed E-state index contributed by atoms with van der Waals surface area (Å²) in [6.45, 7) is 7.35. The number of hydrogen-bond donors (Lipinski definition) is 2. The van der Waals surface area contributed by atoms with E-state index in [0.29, 0.717) is 31.3 Å². The molecular formula is C21H30N4O4. The number of methoxy groups -OCH3 is 1. The number of nitrogens with two attached hydrogens (primary N) is 1. The Kier molecular flexibility index (Phi) is 6.32. The van der Waals surface area contributed by atoms with Gasteiger partial charge in [-0.1, -0.05) is 6.07 Å². The highest BCUT2D eigenvalue weighted by molar-refractivity contribution is 5.71. The van der Waals surface area contributed by atoms with E-state index in [1.807, 2.05) is 39.0 Å². The van der Waals surface area contributed by atoms with Gasteiger partial charge in [0, 0.05) is 37.4 Å². The molecule has 1 fully saturated rings. The van der Waals surface area contributed by atoms with Gasteiger partial charge in [0.25, 0.3) is 0 Å². The molecule has 0 radical (unpaired) electrons. The topological polar surface area (TPSA) is 103 Å². The van der Waals surface area contributed by atoms with Crippen LogP contribution >= 0.6 is 0 Å². The highest BCUT2D eigenvalue weighted by Gasteiger charge is 2.30. The molecular weight excluding hydrogens is 372 g/mol. The molecule has 0 spiro atoms. The number of carbonyl (C=O) groups is 1. The quantitative estimate of drug-likeness (QED) is 0.792. The largest absolute Gasteiger partial charge is 0.496 e. The monoisotopic (exact) mass is 402 g/mol. The van der Waals surface area contributed by atoms with Crippen LogP contribution in [0.15, 0.2) is 24.3 Å². The van der Waals surface area contributed by atoms with E-state index in [1.165, 1.54) is 0 Å². The van der Waals surface area contributed by atoms with Gasteiger partial charge in [-0.3, -0.25) is 5.10 Å². The van der Waals surface area contributed by atoms with Crippen LogP contribution in [0.3, 0.4) is 0 Å². The van der Waals surface area contributed by atoms with Gasteiger partial charge in [0.15, 0.2) is 0 Å². The fraction of sp³-hybridized carbons (Fsp3) is 0.524. The first-order chi connectivity index (χ1) is 13.8. The van der Waals surface area contributed by atoms with Crippen molar-refractivity contribution in [2.45, 2.75) is 51.8 Å². The number of hydrogen-bond acceptors (Lipinski definition) is 6. The number of aromatic nitrogens is 2. The zero-order valence-electron chi connectivity index (χ0n) is 17.5. The lowest BCUT2D eigenvalue weighted by Crippen LogP contribution is -2.45. The van der Waals surface area contributed by atoms with Crippen molar-refractivity contribution in [3.63, 3.8) is 0 Å². The van der Waals surface area contributed by atoms with Crippen LogP contribution in [0.4, 0.5) is 10.6 Å². The molecule has 3 rings (SSSR count). The maximum atomic E-state index is 12.9. The molecule has 29 heavy (non-hydrogen) atoms. The van der Waals surface area contributed by atoms with E-state index in [9.17, 15) is 4.79 Å². The van der Waals surface area contributed by atoms with Crippen LogP contribution in [0.25, 0.3) is 11.3 Å². The summed E-state index contributed by atoms with van der Waals surface area (Å²) in [5, 5.41) is 6.87. The van der Waals surface area contributed by atoms with Crippen molar-refractivity contribution in [1.82, 2.24) is 15.1 Å². The number of aromatic amines is 1. The molecule has 3 N–H and O–H groups in total. The molecule has 158 valence electrons. The summed E-state index contributed by atoms with van der Waals surface area (Å²) in [6, 6.07) is 7.69. The Morgan fingerprint density at radius 1 is 1.31 bits per heavy atom. The van der Waals surface area contributed by atoms with E-state index < -0.39 is 5.60 Å². The van der Waals surface area contributed by atoms with Crippen molar-refractivity contribution in [1.29, 1.82) is 0 Å². The number of nitrogens with zero attached hydrogens (tertiary/aromatic N) is 2. The molecule has 1 aliphatic heterocycles. The van der Waals surface area contributed by atoms with E-state index in [0.717, 1.165) is 29.7 Å². The molecule has 1 aromatic carbocycles. The summed E-state index contributed by atoms with van der Waals surface area (Å²) in [5.74, 6) is 1.10. The number of ether oxygens (including phenoxy) is 3. The molecule has 2 heterocycles. The average Bonchev–Trinajstić information content (AvgIpc) is 3.11. The molecule has 8 heteroatoms. The smallest absolute Gasteiger partial charge is 0.410 e. The van der Waals surface area contributed by atoms with E-state index in [4.69, 9.17) is 19.9 Å². The molecule has 0 bridgehead atoms. The number of anilines is 1. The molecule has 0 saturated carbocycles. The molecule has 2 aromatic rings. The number of amides is 1. The Balaban J connectivity index is 1.85. The number of rotatable bonds is 5. The fourth-order valence-electron chi connectivity index (χ4n) is 3.39. The number of benzene rings is 1. The summed E-state index contributed by atoms with van der Waals surface area (Å²) in [7, 11) is 1.62. The zero-order chi connectivity index (χ0) is 21.0. The second kappa shape index (κ2) is 8.73. The third-order valence-corrected chi connectivity index (χ3v) is 4.77. The normalized spacial score (nSPS) is 15.2. The van der Waals surface area contributed by atoms with Crippen LogP contribution in [0.1, 0.15) is 39.2 Å². The van der Waals surface area contributed by atoms with E-state index >= 15 is 0 Å². The number of carbonyl (C=O) groups excluding carboxylic acids is 1. The lowest BCUT2D eigenvalue weighted by Gasteiger charge is -2.35. The number of H-pyrrole nitrogens is 1. The van der Waals surface area contributed by atoms with Gasteiger partial charge in [-0.2, -0.15) is 5.10 Å². The summed E-state index contributed by atoms with van der Waals surface area (Å²) in [4.78, 5) is 14.7. The van der Waals surface area contributed by atoms with Gasteiger partial charge in [0.05, 0.1) is 12.8 Å². The molecule has 0 unspecified atom stereocenters. The van der Waals surface area contributed by atoms with Gasteiger partial charge in [0.1, 0.15) is 17.2 Å². The van der Waals surface area contributed by atoms with Crippen LogP contribution in [0, 0.1) is 0 Å². The third-order valence-electron chi connectivity index (χ3n) is 4.77. The first kappa shape index (κ1) is 21.0. The molecule has 1 aromatic heterocycles. The molecule has 0 atom stereocenters. The molecule has 8 nitrogen and oxygen atoms in total. The molecule has 1 amide bonds. The predicted octanol–water partition coefficient (Wildman–Crippen LogP) is 3.58. The SMILES string of the molecule is COc1cc(CN(C(=O)OC(C)(C)C)C2CCOCC2)ccc1-c1cc(N)n[nH]1. The maximum absolute atomic E-state index is 12.9. The first-order valence-electron chi connectivity index (χ1n) is 9.82. The Morgan fingerprint density at radius 2 is 2.03 bits per heavy atom. The Bertz CT molecular complexity index is 837. The second-order valence-corrected chi connectivity index (χ2v) is 8.19. The van der Waals surface area contributed by atoms with Crippen molar-refractivity contribution in [3.05, 3.63) is 29.8 Å². The third kappa shape index (κ3) is 5.41. The number of nitrogen functional groups attached to an aromatic ring is 1. The summed E-state index contributed by atoms with van der Waals surface area (Å²) in [6.07, 6.45) is 1.28. The van der Waals surface area contributed by atoms with Crippen molar-refractivity contribution < 1.29 is 19.0 Å². The van der Waals surface area contributed by atoms with E-state index in [2.05, 4.69) is 10.2 Å². The lowest BCUT2D eigenvalue weighted by molar-refractivity contribution is -0.00810. The maximum Gasteiger partial charge on any atom is 0.410 e. The summed E-state index contributed by atoms with van der Waals surface area (Å²) < 4.78 is 16.7. The van der Waals surface area contributed by atoms with Crippen LogP contribution in [0.2, 0.25) is 0 Å². The fourth-order valence-corrected chi connectivity index (χ4v) is 3.39. The van der Waals surface area contributed by atoms with Crippen molar-refractivity contribution in [2.75, 3.05) is 26.1 Å². The highest BCUT2D eigenvalue weighted by atomic mass is 16.6. The summed E-state index contributed by atoms with van der Waals surface area (Å²) >= 11 is 0. The standard InChI is InChI=1S/C21H30N4O4/c1-21(2,3)29-20(26)25(15-7-9-28-10-8-15)13-14-5-6-16(18(11-14)27-4)17-12-19(22)24-23-17/h5-6,11-12,15H,7-10,13H2,1-4H3,(H3,22,23,24). The minimum atomic E-state index is -0.553. The van der Waals surface area contributed by atoms with Crippen molar-refractivity contribution in [3.8, 4) is 17.0 Å². The van der Waals surface area contributed by atoms with Gasteiger partial charge in [-0.25, -0.2) is 4.79 Å². The Hall–Kier alpha value is -2.74. The lowest BCUT2D eigenvalue weighted by atomic mass is 10.0. The van der Waals surface area contributed by atoms with Crippen LogP contribution in [-0.2, 0) is 16.0 Å². The Labute approximate surface area is 171 Å². The highest BCUT2D eigenvalue weighted by Crippen LogP contribution is 2.31. The predicted molar refractivity (Wildman–Crippen MR) is 111 cm³/mol. The van der Waals surface area contributed by atoms with E-state index in [1.54, 1.807) is 18.1 Å².